The van der Waals surface area contributed by atoms with Crippen LogP contribution in [0.2, 0.25) is 0 Å². The summed E-state index contributed by atoms with van der Waals surface area (Å²) in [5.74, 6) is 1.05. The molecule has 0 radical (unpaired) electrons. The predicted octanol–water partition coefficient (Wildman–Crippen LogP) is 2.90. The van der Waals surface area contributed by atoms with Crippen LogP contribution in [0.1, 0.15) is 13.3 Å². The molecule has 0 spiro atoms. The van der Waals surface area contributed by atoms with Crippen molar-refractivity contribution in [3.63, 3.8) is 0 Å². The second-order valence-electron chi connectivity index (χ2n) is 6.46. The van der Waals surface area contributed by atoms with Crippen molar-refractivity contribution in [1.29, 1.82) is 0 Å². The molecule has 0 aliphatic carbocycles. The van der Waals surface area contributed by atoms with Gasteiger partial charge in [-0.2, -0.15) is 0 Å². The first kappa shape index (κ1) is 20.5. The smallest absolute Gasteiger partial charge is 0.223 e. The van der Waals surface area contributed by atoms with Gasteiger partial charge in [0, 0.05) is 33.0 Å². The molecule has 0 fully saturated rings. The van der Waals surface area contributed by atoms with Gasteiger partial charge < -0.3 is 19.9 Å². The van der Waals surface area contributed by atoms with Crippen molar-refractivity contribution in [1.82, 2.24) is 10.2 Å². The summed E-state index contributed by atoms with van der Waals surface area (Å²) in [5, 5.41) is 2.86. The highest BCUT2D eigenvalue weighted by molar-refractivity contribution is 5.94. The summed E-state index contributed by atoms with van der Waals surface area (Å²) in [7, 11) is 3.90. The van der Waals surface area contributed by atoms with Crippen molar-refractivity contribution in [3.8, 4) is 11.5 Å². The molecule has 0 atom stereocenters. The van der Waals surface area contributed by atoms with E-state index in [0.29, 0.717) is 23.7 Å². The Morgan fingerprint density at radius 2 is 1.63 bits per heavy atom. The van der Waals surface area contributed by atoms with Crippen molar-refractivity contribution in [2.45, 2.75) is 13.3 Å². The maximum Gasteiger partial charge on any atom is 0.223 e. The summed E-state index contributed by atoms with van der Waals surface area (Å²) in [5.41, 5.74) is 0.648. The van der Waals surface area contributed by atoms with Crippen LogP contribution in [0.5, 0.6) is 11.5 Å². The lowest BCUT2D eigenvalue weighted by molar-refractivity contribution is -0.121. The zero-order valence-electron chi connectivity index (χ0n) is 16.1. The number of likely N-dealkylation sites (N-methyl/N-ethyl adjacent to an activating group) is 1. The van der Waals surface area contributed by atoms with E-state index in [2.05, 4.69) is 5.32 Å². The molecule has 2 amide bonds. The van der Waals surface area contributed by atoms with E-state index in [1.165, 1.54) is 6.92 Å². The summed E-state index contributed by atoms with van der Waals surface area (Å²) in [4.78, 5) is 27.8. The van der Waals surface area contributed by atoms with Gasteiger partial charge in [0.1, 0.15) is 5.75 Å². The molecule has 2 aromatic rings. The number of hydrogen-bond donors (Lipinski definition) is 1. The molecule has 0 heterocycles. The Hall–Kier alpha value is -2.86. The lowest BCUT2D eigenvalue weighted by Gasteiger charge is -2.23. The van der Waals surface area contributed by atoms with Crippen molar-refractivity contribution >= 4 is 17.5 Å². The second-order valence-corrected chi connectivity index (χ2v) is 6.46. The number of nitrogens with zero attached hydrogens (tertiary/aromatic N) is 2. The number of ether oxygens (including phenoxy) is 1. The van der Waals surface area contributed by atoms with Gasteiger partial charge in [-0.3, -0.25) is 9.59 Å². The Balaban J connectivity index is 2.06. The van der Waals surface area contributed by atoms with Gasteiger partial charge >= 0.3 is 0 Å². The molecule has 144 valence electrons. The first-order valence-corrected chi connectivity index (χ1v) is 8.99. The monoisotopic (exact) mass is 369 g/mol. The molecule has 0 saturated heterocycles. The van der Waals surface area contributed by atoms with E-state index in [1.807, 2.05) is 73.6 Å². The highest BCUT2D eigenvalue weighted by Crippen LogP contribution is 2.32. The first-order valence-electron chi connectivity index (χ1n) is 8.99. The van der Waals surface area contributed by atoms with Gasteiger partial charge in [-0.1, -0.05) is 30.3 Å². The summed E-state index contributed by atoms with van der Waals surface area (Å²) >= 11 is 0. The van der Waals surface area contributed by atoms with E-state index in [-0.39, 0.29) is 24.8 Å². The standard InChI is InChI=1S/C21H27N3O3/c1-17(25)24(15-13-21(26)22-14-16-23(2)3)19-11-7-8-12-20(19)27-18-9-5-4-6-10-18/h4-12H,13-16H2,1-3H3,(H,22,26). The van der Waals surface area contributed by atoms with Gasteiger partial charge in [-0.25, -0.2) is 0 Å². The predicted molar refractivity (Wildman–Crippen MR) is 107 cm³/mol. The average Bonchev–Trinajstić information content (AvgIpc) is 2.63. The van der Waals surface area contributed by atoms with Crippen LogP contribution in [0.25, 0.3) is 0 Å². The van der Waals surface area contributed by atoms with Crippen molar-refractivity contribution in [2.75, 3.05) is 38.6 Å². The number of carbonyl (C=O) groups is 2. The Bertz CT molecular complexity index is 747. The topological polar surface area (TPSA) is 61.9 Å². The van der Waals surface area contributed by atoms with Crippen LogP contribution in [0, 0.1) is 0 Å². The van der Waals surface area contributed by atoms with E-state index in [9.17, 15) is 9.59 Å². The van der Waals surface area contributed by atoms with Gasteiger partial charge in [0.05, 0.1) is 5.69 Å². The van der Waals surface area contributed by atoms with Crippen LogP contribution >= 0.6 is 0 Å². The number of benzene rings is 2. The lowest BCUT2D eigenvalue weighted by atomic mass is 10.2. The minimum atomic E-state index is -0.139. The molecule has 27 heavy (non-hydrogen) atoms. The molecule has 0 aromatic heterocycles. The number of para-hydroxylation sites is 3. The molecule has 1 N–H and O–H groups in total. The highest BCUT2D eigenvalue weighted by Gasteiger charge is 2.17. The molecule has 0 aliphatic rings. The van der Waals surface area contributed by atoms with Crippen LogP contribution in [-0.4, -0.2) is 50.4 Å². The van der Waals surface area contributed by atoms with Crippen LogP contribution in [0.3, 0.4) is 0 Å². The van der Waals surface area contributed by atoms with Gasteiger partial charge in [0.25, 0.3) is 0 Å². The van der Waals surface area contributed by atoms with Crippen molar-refractivity contribution in [2.24, 2.45) is 0 Å². The largest absolute Gasteiger partial charge is 0.455 e. The molecule has 0 saturated carbocycles. The maximum atomic E-state index is 12.2. The first-order chi connectivity index (χ1) is 13.0. The number of nitrogens with one attached hydrogen (secondary N) is 1. The summed E-state index contributed by atoms with van der Waals surface area (Å²) in [6.07, 6.45) is 0.229. The van der Waals surface area contributed by atoms with Gasteiger partial charge in [0.15, 0.2) is 5.75 Å². The zero-order chi connectivity index (χ0) is 19.6. The minimum absolute atomic E-state index is 0.0791. The molecule has 0 aliphatic heterocycles. The summed E-state index contributed by atoms with van der Waals surface area (Å²) in [6, 6.07) is 16.7. The van der Waals surface area contributed by atoms with Gasteiger partial charge in [-0.15, -0.1) is 0 Å². The fraction of sp³-hybridized carbons (Fsp3) is 0.333. The second kappa shape index (κ2) is 10.3. The summed E-state index contributed by atoms with van der Waals surface area (Å²) < 4.78 is 5.94. The molecule has 2 aromatic carbocycles. The maximum absolute atomic E-state index is 12.2. The number of rotatable bonds is 9. The minimum Gasteiger partial charge on any atom is -0.455 e. The quantitative estimate of drug-likeness (QED) is 0.738. The Morgan fingerprint density at radius 1 is 0.963 bits per heavy atom. The van der Waals surface area contributed by atoms with Crippen LogP contribution < -0.4 is 15.0 Å². The average molecular weight is 369 g/mol. The van der Waals surface area contributed by atoms with Crippen molar-refractivity contribution < 1.29 is 14.3 Å². The third kappa shape index (κ3) is 6.75. The third-order valence-electron chi connectivity index (χ3n) is 3.95. The lowest BCUT2D eigenvalue weighted by Crippen LogP contribution is -2.36. The SMILES string of the molecule is CC(=O)N(CCC(=O)NCCN(C)C)c1ccccc1Oc1ccccc1. The van der Waals surface area contributed by atoms with Crippen LogP contribution in [0.4, 0.5) is 5.69 Å². The molecule has 2 rings (SSSR count). The van der Waals surface area contributed by atoms with E-state index >= 15 is 0 Å². The van der Waals surface area contributed by atoms with Gasteiger partial charge in [-0.05, 0) is 38.4 Å². The van der Waals surface area contributed by atoms with Crippen molar-refractivity contribution in [3.05, 3.63) is 54.6 Å². The highest BCUT2D eigenvalue weighted by atomic mass is 16.5. The van der Waals surface area contributed by atoms with Crippen LogP contribution in [0.15, 0.2) is 54.6 Å². The van der Waals surface area contributed by atoms with E-state index in [4.69, 9.17) is 4.74 Å². The van der Waals surface area contributed by atoms with E-state index in [0.717, 1.165) is 6.54 Å². The molecule has 6 heteroatoms. The fourth-order valence-electron chi connectivity index (χ4n) is 2.55. The molecule has 0 unspecified atom stereocenters. The fourth-order valence-corrected chi connectivity index (χ4v) is 2.55. The Labute approximate surface area is 160 Å². The van der Waals surface area contributed by atoms with E-state index in [1.54, 1.807) is 4.90 Å². The number of hydrogen-bond acceptors (Lipinski definition) is 4. The normalized spacial score (nSPS) is 10.5. The zero-order valence-corrected chi connectivity index (χ0v) is 16.1. The molecular formula is C21H27N3O3. The van der Waals surface area contributed by atoms with Crippen LogP contribution in [-0.2, 0) is 9.59 Å². The molecular weight excluding hydrogens is 342 g/mol. The summed E-state index contributed by atoms with van der Waals surface area (Å²) in [6.45, 7) is 3.14. The molecule has 6 nitrogen and oxygen atoms in total. The Kier molecular flexibility index (Phi) is 7.82. The van der Waals surface area contributed by atoms with E-state index < -0.39 is 0 Å². The Morgan fingerprint density at radius 3 is 2.30 bits per heavy atom. The number of anilines is 1. The number of amides is 2. The number of carbonyl (C=O) groups excluding carboxylic acids is 2. The third-order valence-corrected chi connectivity index (χ3v) is 3.95. The van der Waals surface area contributed by atoms with Gasteiger partial charge in [0.2, 0.25) is 11.8 Å². The molecule has 0 bridgehead atoms.